The number of hydrogen-bond acceptors (Lipinski definition) is 4. The van der Waals surface area contributed by atoms with E-state index < -0.39 is 24.0 Å². The maximum Gasteiger partial charge on any atom is 0.326 e. The summed E-state index contributed by atoms with van der Waals surface area (Å²) in [6.07, 6.45) is 13.9. The third-order valence-electron chi connectivity index (χ3n) is 4.89. The SMILES string of the molecule is CCCCCCCCCCCCC(O)CC(=O)N[C@@H](CCCCN)C(=O)O. The Balaban J connectivity index is 3.71. The standard InChI is InChI=1S/C21H42N2O4/c1-2-3-4-5-6-7-8-9-10-11-14-18(24)17-20(25)23-19(21(26)27)15-12-13-16-22/h18-19,24H,2-17,22H2,1H3,(H,23,25)(H,26,27)/t18?,19-/m0/s1. The second-order valence-electron chi connectivity index (χ2n) is 7.57. The van der Waals surface area contributed by atoms with E-state index in [4.69, 9.17) is 10.8 Å². The van der Waals surface area contributed by atoms with Gasteiger partial charge in [-0.1, -0.05) is 71.1 Å². The van der Waals surface area contributed by atoms with Crippen molar-refractivity contribution in [1.82, 2.24) is 5.32 Å². The van der Waals surface area contributed by atoms with Crippen molar-refractivity contribution >= 4 is 11.9 Å². The molecule has 0 bridgehead atoms. The molecule has 27 heavy (non-hydrogen) atoms. The highest BCUT2D eigenvalue weighted by atomic mass is 16.4. The molecule has 0 aliphatic heterocycles. The number of amides is 1. The average Bonchev–Trinajstić information content (AvgIpc) is 2.62. The second-order valence-corrected chi connectivity index (χ2v) is 7.57. The van der Waals surface area contributed by atoms with Crippen LogP contribution in [-0.2, 0) is 9.59 Å². The number of aliphatic carboxylic acids is 1. The highest BCUT2D eigenvalue weighted by molar-refractivity contribution is 5.83. The minimum Gasteiger partial charge on any atom is -0.480 e. The van der Waals surface area contributed by atoms with E-state index in [1.165, 1.54) is 51.4 Å². The lowest BCUT2D eigenvalue weighted by Crippen LogP contribution is -2.41. The Morgan fingerprint density at radius 2 is 1.37 bits per heavy atom. The first-order valence-corrected chi connectivity index (χ1v) is 10.9. The van der Waals surface area contributed by atoms with Gasteiger partial charge in [0.1, 0.15) is 6.04 Å². The molecule has 0 spiro atoms. The van der Waals surface area contributed by atoms with E-state index in [0.717, 1.165) is 19.3 Å². The molecule has 0 aliphatic rings. The van der Waals surface area contributed by atoms with E-state index in [9.17, 15) is 14.7 Å². The quantitative estimate of drug-likeness (QED) is 0.253. The Labute approximate surface area is 165 Å². The zero-order valence-corrected chi connectivity index (χ0v) is 17.3. The highest BCUT2D eigenvalue weighted by Gasteiger charge is 2.20. The van der Waals surface area contributed by atoms with Crippen LogP contribution in [0.5, 0.6) is 0 Å². The van der Waals surface area contributed by atoms with Gasteiger partial charge < -0.3 is 21.3 Å². The Morgan fingerprint density at radius 1 is 0.852 bits per heavy atom. The van der Waals surface area contributed by atoms with Crippen LogP contribution >= 0.6 is 0 Å². The summed E-state index contributed by atoms with van der Waals surface area (Å²) in [4.78, 5) is 23.1. The number of carboxylic acids is 1. The smallest absolute Gasteiger partial charge is 0.326 e. The van der Waals surface area contributed by atoms with Crippen LogP contribution < -0.4 is 11.1 Å². The van der Waals surface area contributed by atoms with Gasteiger partial charge in [-0.2, -0.15) is 0 Å². The van der Waals surface area contributed by atoms with Gasteiger partial charge in [0.15, 0.2) is 0 Å². The van der Waals surface area contributed by atoms with Gasteiger partial charge in [0.2, 0.25) is 5.91 Å². The van der Waals surface area contributed by atoms with Gasteiger partial charge in [-0.3, -0.25) is 4.79 Å². The van der Waals surface area contributed by atoms with E-state index in [0.29, 0.717) is 25.8 Å². The first kappa shape index (κ1) is 25.9. The molecule has 0 heterocycles. The third-order valence-corrected chi connectivity index (χ3v) is 4.89. The first-order chi connectivity index (χ1) is 13.0. The van der Waals surface area contributed by atoms with Crippen molar-refractivity contribution < 1.29 is 19.8 Å². The zero-order chi connectivity index (χ0) is 20.3. The molecule has 0 saturated carbocycles. The van der Waals surface area contributed by atoms with Crippen LogP contribution in [0.4, 0.5) is 0 Å². The van der Waals surface area contributed by atoms with E-state index in [-0.39, 0.29) is 6.42 Å². The number of unbranched alkanes of at least 4 members (excludes halogenated alkanes) is 10. The number of aliphatic hydroxyl groups excluding tert-OH is 1. The topological polar surface area (TPSA) is 113 Å². The Hall–Kier alpha value is -1.14. The largest absolute Gasteiger partial charge is 0.480 e. The number of rotatable bonds is 19. The third kappa shape index (κ3) is 16.7. The van der Waals surface area contributed by atoms with Crippen molar-refractivity contribution in [3.05, 3.63) is 0 Å². The fraction of sp³-hybridized carbons (Fsp3) is 0.905. The number of hydrogen-bond donors (Lipinski definition) is 4. The molecule has 0 fully saturated rings. The molecule has 0 saturated heterocycles. The molecule has 0 aromatic carbocycles. The van der Waals surface area contributed by atoms with Gasteiger partial charge in [-0.15, -0.1) is 0 Å². The number of nitrogens with one attached hydrogen (secondary N) is 1. The van der Waals surface area contributed by atoms with Crippen LogP contribution in [0.3, 0.4) is 0 Å². The van der Waals surface area contributed by atoms with Crippen LogP contribution in [0, 0.1) is 0 Å². The number of carbonyl (C=O) groups is 2. The van der Waals surface area contributed by atoms with Crippen molar-refractivity contribution in [1.29, 1.82) is 0 Å². The predicted octanol–water partition coefficient (Wildman–Crippen LogP) is 3.75. The number of nitrogens with two attached hydrogens (primary N) is 1. The molecule has 5 N–H and O–H groups in total. The summed E-state index contributed by atoms with van der Waals surface area (Å²) in [6.45, 7) is 2.74. The lowest BCUT2D eigenvalue weighted by Gasteiger charge is -2.16. The maximum absolute atomic E-state index is 11.9. The van der Waals surface area contributed by atoms with E-state index in [2.05, 4.69) is 12.2 Å². The predicted molar refractivity (Wildman–Crippen MR) is 110 cm³/mol. The molecular formula is C21H42N2O4. The van der Waals surface area contributed by atoms with Crippen molar-refractivity contribution in [2.24, 2.45) is 5.73 Å². The number of aliphatic hydroxyl groups is 1. The van der Waals surface area contributed by atoms with E-state index >= 15 is 0 Å². The Bertz CT molecular complexity index is 377. The molecule has 6 heteroatoms. The van der Waals surface area contributed by atoms with Crippen LogP contribution in [0.25, 0.3) is 0 Å². The summed E-state index contributed by atoms with van der Waals surface area (Å²) in [6, 6.07) is -0.895. The monoisotopic (exact) mass is 386 g/mol. The van der Waals surface area contributed by atoms with Gasteiger partial charge in [0, 0.05) is 0 Å². The van der Waals surface area contributed by atoms with Crippen molar-refractivity contribution in [2.75, 3.05) is 6.54 Å². The minimum atomic E-state index is -1.04. The maximum atomic E-state index is 11.9. The normalized spacial score (nSPS) is 13.3. The van der Waals surface area contributed by atoms with Gasteiger partial charge in [0.05, 0.1) is 12.5 Å². The summed E-state index contributed by atoms with van der Waals surface area (Å²) in [5, 5.41) is 21.6. The van der Waals surface area contributed by atoms with Crippen LogP contribution in [0.15, 0.2) is 0 Å². The molecule has 0 aromatic rings. The summed E-state index contributed by atoms with van der Waals surface area (Å²) < 4.78 is 0. The Morgan fingerprint density at radius 3 is 1.89 bits per heavy atom. The fourth-order valence-electron chi connectivity index (χ4n) is 3.19. The van der Waals surface area contributed by atoms with Crippen LogP contribution in [0.1, 0.15) is 103 Å². The molecule has 0 radical (unpaired) electrons. The first-order valence-electron chi connectivity index (χ1n) is 10.9. The summed E-state index contributed by atoms with van der Waals surface area (Å²) in [5.74, 6) is -1.43. The van der Waals surface area contributed by atoms with Gasteiger partial charge in [-0.05, 0) is 32.2 Å². The summed E-state index contributed by atoms with van der Waals surface area (Å²) in [7, 11) is 0. The van der Waals surface area contributed by atoms with Crippen molar-refractivity contribution in [3.63, 3.8) is 0 Å². The highest BCUT2D eigenvalue weighted by Crippen LogP contribution is 2.13. The van der Waals surface area contributed by atoms with Crippen LogP contribution in [-0.4, -0.2) is 40.8 Å². The van der Waals surface area contributed by atoms with E-state index in [1.54, 1.807) is 0 Å². The number of carbonyl (C=O) groups excluding carboxylic acids is 1. The molecule has 1 amide bonds. The minimum absolute atomic E-state index is 0.0297. The molecular weight excluding hydrogens is 344 g/mol. The summed E-state index contributed by atoms with van der Waals surface area (Å²) >= 11 is 0. The lowest BCUT2D eigenvalue weighted by atomic mass is 10.0. The lowest BCUT2D eigenvalue weighted by molar-refractivity contribution is -0.142. The second kappa shape index (κ2) is 18.2. The van der Waals surface area contributed by atoms with Crippen LogP contribution in [0.2, 0.25) is 0 Å². The van der Waals surface area contributed by atoms with Gasteiger partial charge in [-0.25, -0.2) is 4.79 Å². The molecule has 1 unspecified atom stereocenters. The Kier molecular flexibility index (Phi) is 17.5. The fourth-order valence-corrected chi connectivity index (χ4v) is 3.19. The van der Waals surface area contributed by atoms with E-state index in [1.807, 2.05) is 0 Å². The summed E-state index contributed by atoms with van der Waals surface area (Å²) in [5.41, 5.74) is 5.40. The van der Waals surface area contributed by atoms with Gasteiger partial charge >= 0.3 is 5.97 Å². The average molecular weight is 387 g/mol. The zero-order valence-electron chi connectivity index (χ0n) is 17.3. The number of carboxylic acid groups (broad SMARTS) is 1. The van der Waals surface area contributed by atoms with Crippen molar-refractivity contribution in [3.8, 4) is 0 Å². The molecule has 0 rings (SSSR count). The van der Waals surface area contributed by atoms with Gasteiger partial charge in [0.25, 0.3) is 0 Å². The molecule has 0 aromatic heterocycles. The molecule has 2 atom stereocenters. The molecule has 6 nitrogen and oxygen atoms in total. The molecule has 0 aliphatic carbocycles. The van der Waals surface area contributed by atoms with Crippen molar-refractivity contribution in [2.45, 2.75) is 115 Å². The molecule has 160 valence electrons.